The van der Waals surface area contributed by atoms with Gasteiger partial charge in [-0.15, -0.1) is 0 Å². The number of benzene rings is 1. The first kappa shape index (κ1) is 12.4. The molecular formula is C12H18N2O2. The van der Waals surface area contributed by atoms with Gasteiger partial charge in [0.1, 0.15) is 0 Å². The molecule has 0 radical (unpaired) electrons. The topological polar surface area (TPSA) is 64.3 Å². The number of ether oxygens (including phenoxy) is 1. The minimum atomic E-state index is -0.369. The minimum Gasteiger partial charge on any atom is -0.465 e. The van der Waals surface area contributed by atoms with E-state index in [4.69, 9.17) is 10.5 Å². The molecule has 1 aromatic rings. The van der Waals surface area contributed by atoms with Gasteiger partial charge in [-0.25, -0.2) is 4.79 Å². The van der Waals surface area contributed by atoms with Crippen LogP contribution in [-0.4, -0.2) is 19.6 Å². The van der Waals surface area contributed by atoms with Crippen molar-refractivity contribution >= 4 is 17.3 Å². The van der Waals surface area contributed by atoms with Gasteiger partial charge < -0.3 is 15.8 Å². The summed E-state index contributed by atoms with van der Waals surface area (Å²) >= 11 is 0. The summed E-state index contributed by atoms with van der Waals surface area (Å²) in [5.41, 5.74) is 7.55. The lowest BCUT2D eigenvalue weighted by molar-refractivity contribution is 0.0602. The van der Waals surface area contributed by atoms with Crippen molar-refractivity contribution in [3.63, 3.8) is 0 Å². The van der Waals surface area contributed by atoms with Gasteiger partial charge in [0.25, 0.3) is 0 Å². The largest absolute Gasteiger partial charge is 0.465 e. The van der Waals surface area contributed by atoms with Crippen molar-refractivity contribution in [3.05, 3.63) is 23.8 Å². The van der Waals surface area contributed by atoms with Crippen LogP contribution in [0.15, 0.2) is 18.2 Å². The van der Waals surface area contributed by atoms with Crippen LogP contribution in [0.25, 0.3) is 0 Å². The Hall–Kier alpha value is -1.71. The molecule has 0 saturated carbocycles. The standard InChI is InChI=1S/C12H18N2O2/c1-3-4-8-14-11-9(12(15)16-2)6-5-7-10(11)13/h5-7,14H,3-4,8,13H2,1-2H3. The fraction of sp³-hybridized carbons (Fsp3) is 0.417. The molecule has 0 unspecified atom stereocenters. The van der Waals surface area contributed by atoms with Crippen molar-refractivity contribution in [1.82, 2.24) is 0 Å². The van der Waals surface area contributed by atoms with E-state index in [1.165, 1.54) is 7.11 Å². The molecule has 16 heavy (non-hydrogen) atoms. The monoisotopic (exact) mass is 222 g/mol. The van der Waals surface area contributed by atoms with E-state index in [-0.39, 0.29) is 5.97 Å². The molecule has 3 N–H and O–H groups in total. The SMILES string of the molecule is CCCCNc1c(N)cccc1C(=O)OC. The van der Waals surface area contributed by atoms with Crippen molar-refractivity contribution in [2.24, 2.45) is 0 Å². The molecule has 0 heterocycles. The molecule has 0 aliphatic heterocycles. The molecule has 4 heteroatoms. The van der Waals surface area contributed by atoms with E-state index < -0.39 is 0 Å². The van der Waals surface area contributed by atoms with Gasteiger partial charge in [-0.2, -0.15) is 0 Å². The van der Waals surface area contributed by atoms with Gasteiger partial charge in [0.2, 0.25) is 0 Å². The van der Waals surface area contributed by atoms with Gasteiger partial charge in [-0.3, -0.25) is 0 Å². The second-order valence-corrected chi connectivity index (χ2v) is 3.54. The van der Waals surface area contributed by atoms with Gasteiger partial charge in [0, 0.05) is 6.54 Å². The van der Waals surface area contributed by atoms with E-state index in [2.05, 4.69) is 12.2 Å². The highest BCUT2D eigenvalue weighted by Gasteiger charge is 2.13. The first-order valence-electron chi connectivity index (χ1n) is 5.41. The highest BCUT2D eigenvalue weighted by atomic mass is 16.5. The summed E-state index contributed by atoms with van der Waals surface area (Å²) in [5.74, 6) is -0.369. The minimum absolute atomic E-state index is 0.369. The van der Waals surface area contributed by atoms with Crippen LogP contribution >= 0.6 is 0 Å². The fourth-order valence-electron chi connectivity index (χ4n) is 1.44. The van der Waals surface area contributed by atoms with Gasteiger partial charge in [0.05, 0.1) is 24.0 Å². The van der Waals surface area contributed by atoms with Gasteiger partial charge in [-0.05, 0) is 18.6 Å². The van der Waals surface area contributed by atoms with Crippen LogP contribution in [0.4, 0.5) is 11.4 Å². The van der Waals surface area contributed by atoms with E-state index in [9.17, 15) is 4.79 Å². The molecular weight excluding hydrogens is 204 g/mol. The molecule has 0 fully saturated rings. The number of rotatable bonds is 5. The third-order valence-electron chi connectivity index (χ3n) is 2.33. The molecule has 1 aromatic carbocycles. The van der Waals surface area contributed by atoms with Crippen molar-refractivity contribution in [1.29, 1.82) is 0 Å². The zero-order valence-electron chi connectivity index (χ0n) is 9.75. The lowest BCUT2D eigenvalue weighted by Gasteiger charge is -2.12. The number of nitrogens with one attached hydrogen (secondary N) is 1. The lowest BCUT2D eigenvalue weighted by Crippen LogP contribution is -2.11. The summed E-state index contributed by atoms with van der Waals surface area (Å²) in [6.45, 7) is 2.91. The highest BCUT2D eigenvalue weighted by molar-refractivity contribution is 5.98. The number of carbonyl (C=O) groups excluding carboxylic acids is 1. The summed E-state index contributed by atoms with van der Waals surface area (Å²) in [4.78, 5) is 11.5. The number of anilines is 2. The number of carbonyl (C=O) groups is 1. The number of nitrogen functional groups attached to an aromatic ring is 1. The Balaban J connectivity index is 2.90. The molecule has 0 atom stereocenters. The maximum atomic E-state index is 11.5. The number of unbranched alkanes of at least 4 members (excludes halogenated alkanes) is 1. The third-order valence-corrected chi connectivity index (χ3v) is 2.33. The molecule has 0 spiro atoms. The van der Waals surface area contributed by atoms with Gasteiger partial charge in [0.15, 0.2) is 0 Å². The molecule has 0 aliphatic rings. The molecule has 1 rings (SSSR count). The Labute approximate surface area is 95.8 Å². The highest BCUT2D eigenvalue weighted by Crippen LogP contribution is 2.24. The summed E-state index contributed by atoms with van der Waals surface area (Å²) in [7, 11) is 1.36. The predicted octanol–water partition coefficient (Wildman–Crippen LogP) is 2.27. The molecule has 4 nitrogen and oxygen atoms in total. The Kier molecular flexibility index (Phi) is 4.64. The number of nitrogens with two attached hydrogens (primary N) is 1. The Morgan fingerprint density at radius 3 is 2.88 bits per heavy atom. The Bertz CT molecular complexity index is 364. The van der Waals surface area contributed by atoms with Crippen molar-refractivity contribution in [3.8, 4) is 0 Å². The number of hydrogen-bond acceptors (Lipinski definition) is 4. The van der Waals surface area contributed by atoms with E-state index in [1.54, 1.807) is 18.2 Å². The van der Waals surface area contributed by atoms with Crippen LogP contribution in [0.2, 0.25) is 0 Å². The molecule has 0 aromatic heterocycles. The number of methoxy groups -OCH3 is 1. The first-order chi connectivity index (χ1) is 7.70. The maximum Gasteiger partial charge on any atom is 0.340 e. The molecule has 0 amide bonds. The average molecular weight is 222 g/mol. The predicted molar refractivity (Wildman–Crippen MR) is 65.6 cm³/mol. The smallest absolute Gasteiger partial charge is 0.340 e. The van der Waals surface area contributed by atoms with Crippen LogP contribution in [0.5, 0.6) is 0 Å². The van der Waals surface area contributed by atoms with E-state index >= 15 is 0 Å². The van der Waals surface area contributed by atoms with E-state index in [1.807, 2.05) is 0 Å². The molecule has 0 aliphatic carbocycles. The first-order valence-corrected chi connectivity index (χ1v) is 5.41. The fourth-order valence-corrected chi connectivity index (χ4v) is 1.44. The normalized spacial score (nSPS) is 9.88. The van der Waals surface area contributed by atoms with Gasteiger partial charge >= 0.3 is 5.97 Å². The number of esters is 1. The third kappa shape index (κ3) is 2.89. The number of hydrogen-bond donors (Lipinski definition) is 2. The number of para-hydroxylation sites is 1. The van der Waals surface area contributed by atoms with Gasteiger partial charge in [-0.1, -0.05) is 19.4 Å². The lowest BCUT2D eigenvalue weighted by atomic mass is 10.1. The maximum absolute atomic E-state index is 11.5. The molecule has 88 valence electrons. The van der Waals surface area contributed by atoms with E-state index in [0.29, 0.717) is 16.9 Å². The van der Waals surface area contributed by atoms with Crippen LogP contribution in [-0.2, 0) is 4.74 Å². The Morgan fingerprint density at radius 2 is 2.25 bits per heavy atom. The van der Waals surface area contributed by atoms with Crippen LogP contribution < -0.4 is 11.1 Å². The van der Waals surface area contributed by atoms with Crippen LogP contribution in [0.1, 0.15) is 30.1 Å². The Morgan fingerprint density at radius 1 is 1.50 bits per heavy atom. The second-order valence-electron chi connectivity index (χ2n) is 3.54. The van der Waals surface area contributed by atoms with Crippen LogP contribution in [0, 0.1) is 0 Å². The summed E-state index contributed by atoms with van der Waals surface area (Å²) < 4.78 is 4.70. The van der Waals surface area contributed by atoms with Crippen molar-refractivity contribution < 1.29 is 9.53 Å². The molecule has 0 saturated heterocycles. The quantitative estimate of drug-likeness (QED) is 0.455. The average Bonchev–Trinajstić information content (AvgIpc) is 2.30. The summed E-state index contributed by atoms with van der Waals surface area (Å²) in [5, 5.41) is 3.17. The van der Waals surface area contributed by atoms with Crippen LogP contribution in [0.3, 0.4) is 0 Å². The van der Waals surface area contributed by atoms with Crippen molar-refractivity contribution in [2.45, 2.75) is 19.8 Å². The summed E-state index contributed by atoms with van der Waals surface area (Å²) in [6.07, 6.45) is 2.13. The second kappa shape index (κ2) is 6.00. The van der Waals surface area contributed by atoms with Crippen molar-refractivity contribution in [2.75, 3.05) is 24.7 Å². The zero-order chi connectivity index (χ0) is 12.0. The summed E-state index contributed by atoms with van der Waals surface area (Å²) in [6, 6.07) is 5.21. The molecule has 0 bridgehead atoms. The van der Waals surface area contributed by atoms with E-state index in [0.717, 1.165) is 19.4 Å². The zero-order valence-corrected chi connectivity index (χ0v) is 9.75.